The number of hydrogen-bond acceptors (Lipinski definition) is 5. The first kappa shape index (κ1) is 21.5. The average Bonchev–Trinajstić information content (AvgIpc) is 3.46. The minimum atomic E-state index is -0.779. The number of carbonyl (C=O) groups is 2. The Hall–Kier alpha value is -2.75. The molecule has 1 fully saturated rings. The Labute approximate surface area is 180 Å². The predicted octanol–water partition coefficient (Wildman–Crippen LogP) is 0.961. The molecule has 4 rings (SSSR count). The van der Waals surface area contributed by atoms with Crippen LogP contribution >= 0.6 is 0 Å². The third kappa shape index (κ3) is 3.96. The molecule has 0 saturated carbocycles. The number of rotatable bonds is 7. The van der Waals surface area contributed by atoms with Gasteiger partial charge in [-0.1, -0.05) is 0 Å². The minimum Gasteiger partial charge on any atom is -0.382 e. The lowest BCUT2D eigenvalue weighted by molar-refractivity contribution is -0.136. The third-order valence-electron chi connectivity index (χ3n) is 6.11. The van der Waals surface area contributed by atoms with Crippen molar-refractivity contribution in [3.05, 3.63) is 41.5 Å². The summed E-state index contributed by atoms with van der Waals surface area (Å²) in [6, 6.07) is 3.53. The van der Waals surface area contributed by atoms with Gasteiger partial charge >= 0.3 is 0 Å². The second-order valence-corrected chi connectivity index (χ2v) is 7.99. The monoisotopic (exact) mass is 429 g/mol. The Morgan fingerprint density at radius 1 is 1.39 bits per heavy atom. The van der Waals surface area contributed by atoms with E-state index in [9.17, 15) is 14.0 Å². The number of nitrogens with zero attached hydrogens (tertiary/aromatic N) is 1. The van der Waals surface area contributed by atoms with Gasteiger partial charge in [-0.3, -0.25) is 9.59 Å². The maximum atomic E-state index is 13.6. The fourth-order valence-electron chi connectivity index (χ4n) is 4.36. The van der Waals surface area contributed by atoms with Gasteiger partial charge in [-0.05, 0) is 44.2 Å². The van der Waals surface area contributed by atoms with Gasteiger partial charge in [0.05, 0.1) is 12.6 Å². The summed E-state index contributed by atoms with van der Waals surface area (Å²) in [5.41, 5.74) is 3.61. The van der Waals surface area contributed by atoms with Crippen LogP contribution in [-0.4, -0.2) is 73.7 Å². The zero-order chi connectivity index (χ0) is 22.1. The van der Waals surface area contributed by atoms with Gasteiger partial charge in [0.1, 0.15) is 11.9 Å². The number of likely N-dealkylation sites (tertiary alicyclic amines) is 1. The molecule has 166 valence electrons. The van der Waals surface area contributed by atoms with Gasteiger partial charge in [-0.2, -0.15) is 0 Å². The summed E-state index contributed by atoms with van der Waals surface area (Å²) < 4.78 is 18.8. The van der Waals surface area contributed by atoms with Crippen LogP contribution in [0.2, 0.25) is 0 Å². The molecule has 3 atom stereocenters. The number of ether oxygens (including phenoxy) is 1. The Bertz CT molecular complexity index is 1030. The molecule has 31 heavy (non-hydrogen) atoms. The molecule has 1 aromatic heterocycles. The van der Waals surface area contributed by atoms with Gasteiger partial charge < -0.3 is 30.6 Å². The van der Waals surface area contributed by atoms with Gasteiger partial charge in [-0.15, -0.1) is 0 Å². The summed E-state index contributed by atoms with van der Waals surface area (Å²) in [5, 5.41) is 10.1. The van der Waals surface area contributed by atoms with Crippen LogP contribution in [0.5, 0.6) is 0 Å². The van der Waals surface area contributed by atoms with Crippen LogP contribution < -0.4 is 16.0 Å². The number of hydrogen-bond donors (Lipinski definition) is 4. The molecule has 3 heterocycles. The lowest BCUT2D eigenvalue weighted by atomic mass is 10.0. The van der Waals surface area contributed by atoms with Gasteiger partial charge in [0.15, 0.2) is 0 Å². The number of aromatic amines is 1. The summed E-state index contributed by atoms with van der Waals surface area (Å²) in [6.07, 6.45) is 2.66. The maximum absolute atomic E-state index is 13.6. The van der Waals surface area contributed by atoms with E-state index in [1.807, 2.05) is 6.20 Å². The van der Waals surface area contributed by atoms with Crippen molar-refractivity contribution in [3.63, 3.8) is 0 Å². The number of nitrogens with one attached hydrogen (secondary N) is 4. The van der Waals surface area contributed by atoms with Crippen molar-refractivity contribution in [2.75, 3.05) is 33.9 Å². The van der Waals surface area contributed by atoms with E-state index < -0.39 is 12.1 Å². The van der Waals surface area contributed by atoms with Crippen molar-refractivity contribution in [1.82, 2.24) is 25.8 Å². The minimum absolute atomic E-state index is 0.0690. The standard InChI is InChI=1S/C22H28FN5O3/c1-12(24-2)21(29)27-19(11-31-3)22(30)28-7-6-17-20(28)16(10-25-17)15-9-26-18-8-13(23)4-5-14(15)18/h4-5,8-9,12,17,19,24-26H,6-7,10-11H2,1-3H3,(H,27,29). The third-order valence-corrected chi connectivity index (χ3v) is 6.11. The molecular formula is C22H28FN5O3. The quantitative estimate of drug-likeness (QED) is 0.526. The lowest BCUT2D eigenvalue weighted by Gasteiger charge is -2.26. The molecule has 1 saturated heterocycles. The number of halogens is 1. The van der Waals surface area contributed by atoms with E-state index in [0.29, 0.717) is 18.6 Å². The molecule has 4 N–H and O–H groups in total. The molecular weight excluding hydrogens is 401 g/mol. The summed E-state index contributed by atoms with van der Waals surface area (Å²) in [7, 11) is 3.20. The Kier molecular flexibility index (Phi) is 6.08. The van der Waals surface area contributed by atoms with E-state index in [1.165, 1.54) is 19.2 Å². The van der Waals surface area contributed by atoms with Crippen molar-refractivity contribution in [2.45, 2.75) is 31.5 Å². The highest BCUT2D eigenvalue weighted by Crippen LogP contribution is 2.37. The van der Waals surface area contributed by atoms with Crippen LogP contribution in [0.25, 0.3) is 16.5 Å². The van der Waals surface area contributed by atoms with Gasteiger partial charge in [0.25, 0.3) is 5.91 Å². The molecule has 0 radical (unpaired) electrons. The number of benzene rings is 1. The first-order valence-electron chi connectivity index (χ1n) is 10.5. The first-order valence-corrected chi connectivity index (χ1v) is 10.5. The largest absolute Gasteiger partial charge is 0.382 e. The molecule has 2 aliphatic rings. The van der Waals surface area contributed by atoms with Crippen LogP contribution in [0.3, 0.4) is 0 Å². The van der Waals surface area contributed by atoms with Crippen molar-refractivity contribution in [3.8, 4) is 0 Å². The normalized spacial score (nSPS) is 20.3. The summed E-state index contributed by atoms with van der Waals surface area (Å²) in [5.74, 6) is -0.748. The van der Waals surface area contributed by atoms with E-state index in [1.54, 1.807) is 24.9 Å². The average molecular weight is 429 g/mol. The molecule has 1 aromatic carbocycles. The second-order valence-electron chi connectivity index (χ2n) is 7.99. The van der Waals surface area contributed by atoms with Crippen LogP contribution in [0.4, 0.5) is 4.39 Å². The number of methoxy groups -OCH3 is 1. The zero-order valence-electron chi connectivity index (χ0n) is 17.9. The van der Waals surface area contributed by atoms with Crippen LogP contribution in [0.1, 0.15) is 18.9 Å². The summed E-state index contributed by atoms with van der Waals surface area (Å²) >= 11 is 0. The topological polar surface area (TPSA) is 98.5 Å². The Balaban J connectivity index is 1.66. The summed E-state index contributed by atoms with van der Waals surface area (Å²) in [6.45, 7) is 3.00. The number of aromatic nitrogens is 1. The van der Waals surface area contributed by atoms with E-state index in [4.69, 9.17) is 4.74 Å². The molecule has 0 bridgehead atoms. The summed E-state index contributed by atoms with van der Waals surface area (Å²) in [4.78, 5) is 30.7. The smallest absolute Gasteiger partial charge is 0.251 e. The van der Waals surface area contributed by atoms with Crippen LogP contribution in [-0.2, 0) is 14.3 Å². The highest BCUT2D eigenvalue weighted by Gasteiger charge is 2.41. The fraction of sp³-hybridized carbons (Fsp3) is 0.455. The highest BCUT2D eigenvalue weighted by atomic mass is 19.1. The Morgan fingerprint density at radius 3 is 2.94 bits per heavy atom. The molecule has 2 aliphatic heterocycles. The fourth-order valence-corrected chi connectivity index (χ4v) is 4.36. The number of likely N-dealkylation sites (N-methyl/N-ethyl adjacent to an activating group) is 1. The highest BCUT2D eigenvalue weighted by molar-refractivity contribution is 5.97. The van der Waals surface area contributed by atoms with E-state index >= 15 is 0 Å². The van der Waals surface area contributed by atoms with Crippen molar-refractivity contribution in [2.24, 2.45) is 0 Å². The van der Waals surface area contributed by atoms with Crippen molar-refractivity contribution >= 4 is 28.3 Å². The number of fused-ring (bicyclic) bond motifs is 2. The molecule has 0 spiro atoms. The van der Waals surface area contributed by atoms with E-state index in [2.05, 4.69) is 20.9 Å². The van der Waals surface area contributed by atoms with E-state index in [-0.39, 0.29) is 30.3 Å². The van der Waals surface area contributed by atoms with Gasteiger partial charge in [0.2, 0.25) is 5.91 Å². The molecule has 0 aliphatic carbocycles. The van der Waals surface area contributed by atoms with Crippen LogP contribution in [0, 0.1) is 5.82 Å². The molecule has 8 nitrogen and oxygen atoms in total. The van der Waals surface area contributed by atoms with Crippen LogP contribution in [0.15, 0.2) is 30.1 Å². The van der Waals surface area contributed by atoms with Crippen molar-refractivity contribution in [1.29, 1.82) is 0 Å². The van der Waals surface area contributed by atoms with Gasteiger partial charge in [-0.25, -0.2) is 4.39 Å². The van der Waals surface area contributed by atoms with E-state index in [0.717, 1.165) is 28.6 Å². The second kappa shape index (κ2) is 8.78. The zero-order valence-corrected chi connectivity index (χ0v) is 17.9. The number of amides is 2. The molecule has 2 aromatic rings. The SMILES string of the molecule is CNC(C)C(=O)NC(COC)C(=O)N1CCC2NCC(c3c[nH]c4cc(F)ccc34)=C21. The van der Waals surface area contributed by atoms with Crippen molar-refractivity contribution < 1.29 is 18.7 Å². The number of H-pyrrole nitrogens is 1. The molecule has 2 amide bonds. The Morgan fingerprint density at radius 2 is 2.19 bits per heavy atom. The molecule has 3 unspecified atom stereocenters. The molecule has 9 heteroatoms. The lowest BCUT2D eigenvalue weighted by Crippen LogP contribution is -2.53. The maximum Gasteiger partial charge on any atom is 0.251 e. The first-order chi connectivity index (χ1) is 14.9. The predicted molar refractivity (Wildman–Crippen MR) is 116 cm³/mol. The van der Waals surface area contributed by atoms with Gasteiger partial charge in [0, 0.05) is 54.6 Å². The number of carbonyl (C=O) groups excluding carboxylic acids is 2.